The van der Waals surface area contributed by atoms with E-state index < -0.39 is 10.0 Å². The van der Waals surface area contributed by atoms with E-state index in [-0.39, 0.29) is 5.56 Å². The fourth-order valence-electron chi connectivity index (χ4n) is 3.71. The molecule has 0 saturated carbocycles. The van der Waals surface area contributed by atoms with Crippen LogP contribution in [0.2, 0.25) is 0 Å². The van der Waals surface area contributed by atoms with Crippen LogP contribution in [0.25, 0.3) is 10.2 Å². The molecular weight excluding hydrogens is 442 g/mol. The molecule has 3 heterocycles. The van der Waals surface area contributed by atoms with Crippen molar-refractivity contribution >= 4 is 43.3 Å². The second-order valence-corrected chi connectivity index (χ2v) is 11.7. The first-order valence-corrected chi connectivity index (χ1v) is 13.7. The monoisotopic (exact) mass is 467 g/mol. The average Bonchev–Trinajstić information content (AvgIpc) is 3.30. The van der Waals surface area contributed by atoms with Crippen LogP contribution in [-0.2, 0) is 29.4 Å². The number of rotatable bonds is 8. The number of nitrogens with zero attached hydrogens (tertiary/aromatic N) is 2. The highest BCUT2D eigenvalue weighted by Gasteiger charge is 2.25. The first-order chi connectivity index (χ1) is 14.3. The minimum atomic E-state index is -3.19. The van der Waals surface area contributed by atoms with Crippen LogP contribution in [-0.4, -0.2) is 36.5 Å². The van der Waals surface area contributed by atoms with E-state index in [1.54, 1.807) is 22.2 Å². The fraction of sp³-hybridized carbons (Fsp3) is 0.500. The normalized spacial score (nSPS) is 16.8. The second kappa shape index (κ2) is 8.86. The van der Waals surface area contributed by atoms with Gasteiger partial charge in [0.05, 0.1) is 24.4 Å². The standard InChI is InChI=1S/C20H25N3O4S3/c1-13-6-7-15-16(11-13)29-18-17(15)19(24)23(12-14-5-3-9-27-14)20(22-18)28-10-4-8-21-30(2,25)26/h3,5,9,13,21H,4,6-8,10-12H2,1-2H3. The molecule has 0 amide bonds. The number of thiophene rings is 1. The van der Waals surface area contributed by atoms with Crippen molar-refractivity contribution in [3.8, 4) is 0 Å². The van der Waals surface area contributed by atoms with Gasteiger partial charge in [0.2, 0.25) is 10.0 Å². The maximum absolute atomic E-state index is 13.5. The first-order valence-electron chi connectivity index (χ1n) is 9.96. The van der Waals surface area contributed by atoms with Gasteiger partial charge in [-0.1, -0.05) is 18.7 Å². The van der Waals surface area contributed by atoms with Gasteiger partial charge in [0.15, 0.2) is 5.16 Å². The largest absolute Gasteiger partial charge is 0.467 e. The van der Waals surface area contributed by atoms with Gasteiger partial charge in [0, 0.05) is 17.2 Å². The number of aryl methyl sites for hydroxylation is 1. The summed E-state index contributed by atoms with van der Waals surface area (Å²) in [5.41, 5.74) is 1.16. The molecule has 162 valence electrons. The van der Waals surface area contributed by atoms with E-state index in [2.05, 4.69) is 11.6 Å². The van der Waals surface area contributed by atoms with Crippen molar-refractivity contribution in [1.82, 2.24) is 14.3 Å². The van der Waals surface area contributed by atoms with Crippen LogP contribution in [0.4, 0.5) is 0 Å². The number of furan rings is 1. The molecule has 3 aromatic rings. The zero-order chi connectivity index (χ0) is 21.3. The van der Waals surface area contributed by atoms with Crippen molar-refractivity contribution in [1.29, 1.82) is 0 Å². The number of nitrogens with one attached hydrogen (secondary N) is 1. The van der Waals surface area contributed by atoms with Gasteiger partial charge >= 0.3 is 0 Å². The van der Waals surface area contributed by atoms with Gasteiger partial charge in [-0.15, -0.1) is 11.3 Å². The van der Waals surface area contributed by atoms with Gasteiger partial charge in [0.25, 0.3) is 5.56 Å². The quantitative estimate of drug-likeness (QED) is 0.310. The molecule has 1 unspecified atom stereocenters. The highest BCUT2D eigenvalue weighted by atomic mass is 32.2. The Kier molecular flexibility index (Phi) is 6.38. The lowest BCUT2D eigenvalue weighted by molar-refractivity contribution is 0.476. The predicted molar refractivity (Wildman–Crippen MR) is 121 cm³/mol. The Morgan fingerprint density at radius 3 is 3.00 bits per heavy atom. The first kappa shape index (κ1) is 21.6. The van der Waals surface area contributed by atoms with Gasteiger partial charge in [-0.05, 0) is 49.3 Å². The Bertz CT molecular complexity index is 1200. The summed E-state index contributed by atoms with van der Waals surface area (Å²) in [7, 11) is -3.19. The number of sulfonamides is 1. The third-order valence-electron chi connectivity index (χ3n) is 5.19. The van der Waals surface area contributed by atoms with Crippen molar-refractivity contribution in [3.05, 3.63) is 45.0 Å². The smallest absolute Gasteiger partial charge is 0.263 e. The van der Waals surface area contributed by atoms with E-state index in [0.29, 0.717) is 42.1 Å². The molecule has 1 N–H and O–H groups in total. The summed E-state index contributed by atoms with van der Waals surface area (Å²) in [6.45, 7) is 2.95. The van der Waals surface area contributed by atoms with Crippen molar-refractivity contribution < 1.29 is 12.8 Å². The molecule has 7 nitrogen and oxygen atoms in total. The van der Waals surface area contributed by atoms with Crippen molar-refractivity contribution in [2.75, 3.05) is 18.6 Å². The Morgan fingerprint density at radius 2 is 2.27 bits per heavy atom. The maximum Gasteiger partial charge on any atom is 0.263 e. The van der Waals surface area contributed by atoms with Crippen LogP contribution < -0.4 is 10.3 Å². The van der Waals surface area contributed by atoms with Crippen LogP contribution in [0.15, 0.2) is 32.8 Å². The van der Waals surface area contributed by atoms with E-state index >= 15 is 0 Å². The fourth-order valence-corrected chi connectivity index (χ4v) is 6.58. The summed E-state index contributed by atoms with van der Waals surface area (Å²) >= 11 is 3.12. The predicted octanol–water partition coefficient (Wildman–Crippen LogP) is 3.26. The molecule has 0 radical (unpaired) electrons. The van der Waals surface area contributed by atoms with Crippen molar-refractivity contribution in [2.45, 2.75) is 44.3 Å². The SMILES string of the molecule is CC1CCc2c(sc3nc(SCCCNS(C)(=O)=O)n(Cc4ccco4)c(=O)c23)C1. The van der Waals surface area contributed by atoms with Gasteiger partial charge in [-0.3, -0.25) is 9.36 Å². The number of fused-ring (bicyclic) bond motifs is 3. The number of aromatic nitrogens is 2. The summed E-state index contributed by atoms with van der Waals surface area (Å²) in [5, 5.41) is 1.41. The summed E-state index contributed by atoms with van der Waals surface area (Å²) in [4.78, 5) is 20.5. The Balaban J connectivity index is 1.65. The molecule has 3 aromatic heterocycles. The highest BCUT2D eigenvalue weighted by molar-refractivity contribution is 7.99. The molecule has 30 heavy (non-hydrogen) atoms. The summed E-state index contributed by atoms with van der Waals surface area (Å²) in [6.07, 6.45) is 6.43. The Hall–Kier alpha value is -1.62. The zero-order valence-electron chi connectivity index (χ0n) is 17.0. The molecule has 1 aliphatic rings. The van der Waals surface area contributed by atoms with Crippen LogP contribution in [0.1, 0.15) is 36.0 Å². The average molecular weight is 468 g/mol. The molecule has 10 heteroatoms. The molecule has 0 aliphatic heterocycles. The molecule has 1 aliphatic carbocycles. The van der Waals surface area contributed by atoms with Gasteiger partial charge < -0.3 is 4.42 Å². The van der Waals surface area contributed by atoms with Crippen LogP contribution >= 0.6 is 23.1 Å². The van der Waals surface area contributed by atoms with Crippen LogP contribution in [0, 0.1) is 5.92 Å². The molecule has 0 bridgehead atoms. The third kappa shape index (κ3) is 4.82. The topological polar surface area (TPSA) is 94.2 Å². The molecular formula is C20H25N3O4S3. The molecule has 1 atom stereocenters. The van der Waals surface area contributed by atoms with Gasteiger partial charge in [-0.25, -0.2) is 18.1 Å². The molecule has 0 aromatic carbocycles. The van der Waals surface area contributed by atoms with Gasteiger partial charge in [-0.2, -0.15) is 0 Å². The van der Waals surface area contributed by atoms with Gasteiger partial charge in [0.1, 0.15) is 10.6 Å². The number of hydrogen-bond acceptors (Lipinski definition) is 7. The molecule has 0 saturated heterocycles. The summed E-state index contributed by atoms with van der Waals surface area (Å²) in [5.74, 6) is 1.99. The third-order valence-corrected chi connectivity index (χ3v) is 8.13. The number of hydrogen-bond donors (Lipinski definition) is 1. The van der Waals surface area contributed by atoms with E-state index in [1.807, 2.05) is 12.1 Å². The van der Waals surface area contributed by atoms with E-state index in [4.69, 9.17) is 9.40 Å². The van der Waals surface area contributed by atoms with Crippen LogP contribution in [0.3, 0.4) is 0 Å². The van der Waals surface area contributed by atoms with E-state index in [1.165, 1.54) is 22.2 Å². The second-order valence-electron chi connectivity index (χ2n) is 7.77. The lowest BCUT2D eigenvalue weighted by Crippen LogP contribution is -2.25. The molecule has 4 rings (SSSR count). The Labute approximate surface area is 183 Å². The minimum absolute atomic E-state index is 0.0137. The maximum atomic E-state index is 13.5. The van der Waals surface area contributed by atoms with Crippen molar-refractivity contribution in [2.24, 2.45) is 5.92 Å². The van der Waals surface area contributed by atoms with E-state index in [9.17, 15) is 13.2 Å². The minimum Gasteiger partial charge on any atom is -0.467 e. The lowest BCUT2D eigenvalue weighted by atomic mass is 9.89. The van der Waals surface area contributed by atoms with Crippen LogP contribution in [0.5, 0.6) is 0 Å². The summed E-state index contributed by atoms with van der Waals surface area (Å²) in [6, 6.07) is 3.66. The lowest BCUT2D eigenvalue weighted by Gasteiger charge is -2.17. The summed E-state index contributed by atoms with van der Waals surface area (Å²) < 4.78 is 32.1. The highest BCUT2D eigenvalue weighted by Crippen LogP contribution is 2.36. The zero-order valence-corrected chi connectivity index (χ0v) is 19.5. The molecule has 0 fully saturated rings. The Morgan fingerprint density at radius 1 is 1.43 bits per heavy atom. The van der Waals surface area contributed by atoms with E-state index in [0.717, 1.165) is 35.7 Å². The van der Waals surface area contributed by atoms with Crippen molar-refractivity contribution in [3.63, 3.8) is 0 Å². The number of thioether (sulfide) groups is 1. The molecule has 0 spiro atoms.